The molecule has 3 atom stereocenters. The van der Waals surface area contributed by atoms with Crippen LogP contribution in [-0.2, 0) is 4.84 Å². The third-order valence-electron chi connectivity index (χ3n) is 4.20. The lowest BCUT2D eigenvalue weighted by Crippen LogP contribution is -2.51. The van der Waals surface area contributed by atoms with Crippen molar-refractivity contribution < 1.29 is 9.92 Å². The average Bonchev–Trinajstić information content (AvgIpc) is 2.14. The first-order valence-corrected chi connectivity index (χ1v) is 6.01. The van der Waals surface area contributed by atoms with Crippen LogP contribution in [-0.4, -0.2) is 17.2 Å². The van der Waals surface area contributed by atoms with Crippen molar-refractivity contribution in [2.24, 2.45) is 17.1 Å². The summed E-state index contributed by atoms with van der Waals surface area (Å²) in [5.41, 5.74) is 5.28. The Labute approximate surface area is 95.4 Å². The van der Waals surface area contributed by atoms with E-state index in [9.17, 15) is 10.1 Å². The summed E-state index contributed by atoms with van der Waals surface area (Å²) in [6, 6.07) is 0. The van der Waals surface area contributed by atoms with E-state index in [0.29, 0.717) is 12.5 Å². The molecule has 5 nitrogen and oxygen atoms in total. The predicted octanol–water partition coefficient (Wildman–Crippen LogP) is 1.88. The van der Waals surface area contributed by atoms with Crippen molar-refractivity contribution in [1.29, 1.82) is 0 Å². The highest BCUT2D eigenvalue weighted by Crippen LogP contribution is 2.52. The van der Waals surface area contributed by atoms with Gasteiger partial charge >= 0.3 is 0 Å². The van der Waals surface area contributed by atoms with E-state index in [-0.39, 0.29) is 5.41 Å². The van der Waals surface area contributed by atoms with Crippen LogP contribution < -0.4 is 5.73 Å². The molecule has 0 aromatic heterocycles. The number of fused-ring (bicyclic) bond motifs is 2. The molecule has 0 amide bonds. The molecule has 0 radical (unpaired) electrons. The van der Waals surface area contributed by atoms with E-state index in [4.69, 9.17) is 10.6 Å². The summed E-state index contributed by atoms with van der Waals surface area (Å²) in [5.74, 6) is 0.552. The Morgan fingerprint density at radius 3 is 2.94 bits per heavy atom. The van der Waals surface area contributed by atoms with E-state index in [1.807, 2.05) is 0 Å². The molecule has 2 aliphatic carbocycles. The van der Waals surface area contributed by atoms with Crippen LogP contribution in [0.4, 0.5) is 0 Å². The summed E-state index contributed by atoms with van der Waals surface area (Å²) in [6.07, 6.45) is 5.67. The largest absolute Gasteiger partial charge is 0.330 e. The quantitative estimate of drug-likeness (QED) is 0.591. The van der Waals surface area contributed by atoms with Gasteiger partial charge in [-0.15, -0.1) is 10.1 Å². The first-order valence-electron chi connectivity index (χ1n) is 6.01. The molecule has 2 fully saturated rings. The SMILES string of the molecule is CC1(CN)CC2CCCC(O[N+](=O)[O-])(C2)C1. The second kappa shape index (κ2) is 3.87. The van der Waals surface area contributed by atoms with E-state index in [1.54, 1.807) is 0 Å². The Bertz CT molecular complexity index is 297. The molecule has 2 rings (SSSR count). The molecular weight excluding hydrogens is 208 g/mol. The molecule has 0 spiro atoms. The second-order valence-electron chi connectivity index (χ2n) is 5.86. The van der Waals surface area contributed by atoms with Gasteiger partial charge in [-0.1, -0.05) is 19.8 Å². The molecule has 2 bridgehead atoms. The zero-order chi connectivity index (χ0) is 11.8. The Hall–Kier alpha value is -0.840. The highest BCUT2D eigenvalue weighted by Gasteiger charge is 2.49. The molecule has 0 heterocycles. The van der Waals surface area contributed by atoms with Gasteiger partial charge in [0.1, 0.15) is 5.60 Å². The average molecular weight is 228 g/mol. The van der Waals surface area contributed by atoms with Gasteiger partial charge in [0.25, 0.3) is 5.09 Å². The second-order valence-corrected chi connectivity index (χ2v) is 5.86. The van der Waals surface area contributed by atoms with Crippen molar-refractivity contribution >= 4 is 0 Å². The van der Waals surface area contributed by atoms with Gasteiger partial charge in [0, 0.05) is 0 Å². The van der Waals surface area contributed by atoms with Crippen molar-refractivity contribution in [3.05, 3.63) is 10.1 Å². The highest BCUT2D eigenvalue weighted by molar-refractivity contribution is 4.99. The molecule has 2 N–H and O–H groups in total. The first-order chi connectivity index (χ1) is 7.47. The lowest BCUT2D eigenvalue weighted by atomic mass is 9.59. The van der Waals surface area contributed by atoms with E-state index in [0.717, 1.165) is 32.1 Å². The topological polar surface area (TPSA) is 78.4 Å². The van der Waals surface area contributed by atoms with Crippen molar-refractivity contribution in [2.75, 3.05) is 6.54 Å². The van der Waals surface area contributed by atoms with Gasteiger partial charge in [-0.2, -0.15) is 0 Å². The molecule has 92 valence electrons. The minimum Gasteiger partial charge on any atom is -0.330 e. The zero-order valence-corrected chi connectivity index (χ0v) is 9.78. The number of nitrogens with two attached hydrogens (primary N) is 1. The summed E-state index contributed by atoms with van der Waals surface area (Å²) in [5, 5.41) is 9.99. The van der Waals surface area contributed by atoms with Crippen LogP contribution in [0.15, 0.2) is 0 Å². The lowest BCUT2D eigenvalue weighted by Gasteiger charge is -2.50. The van der Waals surface area contributed by atoms with Crippen molar-refractivity contribution in [3.63, 3.8) is 0 Å². The third kappa shape index (κ3) is 2.14. The Morgan fingerprint density at radius 2 is 2.31 bits per heavy atom. The van der Waals surface area contributed by atoms with Crippen LogP contribution in [0.5, 0.6) is 0 Å². The van der Waals surface area contributed by atoms with Crippen molar-refractivity contribution in [2.45, 2.75) is 51.0 Å². The molecule has 5 heteroatoms. The maximum Gasteiger partial charge on any atom is 0.295 e. The van der Waals surface area contributed by atoms with Gasteiger partial charge < -0.3 is 10.6 Å². The van der Waals surface area contributed by atoms with Crippen molar-refractivity contribution in [1.82, 2.24) is 0 Å². The zero-order valence-electron chi connectivity index (χ0n) is 9.78. The summed E-state index contributed by atoms with van der Waals surface area (Å²) >= 11 is 0. The van der Waals surface area contributed by atoms with Crippen molar-refractivity contribution in [3.8, 4) is 0 Å². The van der Waals surface area contributed by atoms with Crippen LogP contribution in [0.25, 0.3) is 0 Å². The van der Waals surface area contributed by atoms with Gasteiger partial charge in [0.05, 0.1) is 0 Å². The Kier molecular flexibility index (Phi) is 2.82. The Balaban J connectivity index is 2.18. The van der Waals surface area contributed by atoms with Gasteiger partial charge in [-0.25, -0.2) is 0 Å². The van der Waals surface area contributed by atoms with Crippen LogP contribution >= 0.6 is 0 Å². The van der Waals surface area contributed by atoms with Crippen LogP contribution in [0, 0.1) is 21.4 Å². The number of hydrogen-bond acceptors (Lipinski definition) is 4. The highest BCUT2D eigenvalue weighted by atomic mass is 17.0. The molecule has 0 aromatic carbocycles. The molecule has 3 unspecified atom stereocenters. The van der Waals surface area contributed by atoms with Gasteiger partial charge in [0.15, 0.2) is 0 Å². The normalized spacial score (nSPS) is 42.8. The van der Waals surface area contributed by atoms with E-state index in [2.05, 4.69) is 6.92 Å². The fourth-order valence-electron chi connectivity index (χ4n) is 3.75. The van der Waals surface area contributed by atoms with Crippen LogP contribution in [0.1, 0.15) is 45.4 Å². The standard InChI is InChI=1S/C11H20N2O3/c1-10(8-12)5-9-3-2-4-11(6-9,7-10)16-13(14)15/h9H,2-8,12H2,1H3. The molecule has 0 aliphatic heterocycles. The summed E-state index contributed by atoms with van der Waals surface area (Å²) in [4.78, 5) is 15.6. The summed E-state index contributed by atoms with van der Waals surface area (Å²) < 4.78 is 0. The lowest BCUT2D eigenvalue weighted by molar-refractivity contribution is -0.784. The monoisotopic (exact) mass is 228 g/mol. The van der Waals surface area contributed by atoms with Gasteiger partial charge in [-0.3, -0.25) is 0 Å². The smallest absolute Gasteiger partial charge is 0.295 e. The number of nitrogens with zero attached hydrogens (tertiary/aromatic N) is 1. The maximum atomic E-state index is 10.6. The summed E-state index contributed by atoms with van der Waals surface area (Å²) in [7, 11) is 0. The maximum absolute atomic E-state index is 10.6. The molecule has 0 saturated heterocycles. The first kappa shape index (κ1) is 11.6. The van der Waals surface area contributed by atoms with E-state index < -0.39 is 10.7 Å². The van der Waals surface area contributed by atoms with Gasteiger partial charge in [0.2, 0.25) is 0 Å². The molecule has 16 heavy (non-hydrogen) atoms. The third-order valence-corrected chi connectivity index (χ3v) is 4.20. The predicted molar refractivity (Wildman–Crippen MR) is 59.2 cm³/mol. The van der Waals surface area contributed by atoms with Crippen LogP contribution in [0.3, 0.4) is 0 Å². The van der Waals surface area contributed by atoms with Gasteiger partial charge in [-0.05, 0) is 43.6 Å². The fraction of sp³-hybridized carbons (Fsp3) is 1.00. The van der Waals surface area contributed by atoms with Crippen LogP contribution in [0.2, 0.25) is 0 Å². The molecule has 0 aromatic rings. The molecule has 2 aliphatic rings. The summed E-state index contributed by atoms with van der Waals surface area (Å²) in [6.45, 7) is 2.72. The number of rotatable bonds is 3. The minimum atomic E-state index is -0.620. The molecular formula is C11H20N2O3. The Morgan fingerprint density at radius 1 is 1.56 bits per heavy atom. The van der Waals surface area contributed by atoms with E-state index in [1.165, 1.54) is 6.42 Å². The fourth-order valence-corrected chi connectivity index (χ4v) is 3.75. The number of hydrogen-bond donors (Lipinski definition) is 1. The molecule has 2 saturated carbocycles. The minimum absolute atomic E-state index is 0.0132. The van der Waals surface area contributed by atoms with E-state index >= 15 is 0 Å².